The molecule has 0 saturated heterocycles. The SMILES string of the molecule is COc1cc(C2(N)CCCCC2)c(C(C)C)c(Cl)c1OC. The third kappa shape index (κ3) is 3.00. The Morgan fingerprint density at radius 1 is 1.14 bits per heavy atom. The first-order valence-electron chi connectivity index (χ1n) is 7.68. The topological polar surface area (TPSA) is 44.5 Å². The Kier molecular flexibility index (Phi) is 5.05. The quantitative estimate of drug-likeness (QED) is 0.884. The van der Waals surface area contributed by atoms with Crippen molar-refractivity contribution in [2.24, 2.45) is 5.73 Å². The van der Waals surface area contributed by atoms with E-state index in [0.717, 1.165) is 24.0 Å². The van der Waals surface area contributed by atoms with Crippen LogP contribution >= 0.6 is 11.6 Å². The molecule has 0 bridgehead atoms. The van der Waals surface area contributed by atoms with Crippen LogP contribution in [0.15, 0.2) is 6.07 Å². The molecule has 0 atom stereocenters. The molecule has 1 saturated carbocycles. The fourth-order valence-electron chi connectivity index (χ4n) is 3.39. The highest BCUT2D eigenvalue weighted by atomic mass is 35.5. The molecular formula is C17H26ClNO2. The lowest BCUT2D eigenvalue weighted by Gasteiger charge is -2.37. The van der Waals surface area contributed by atoms with Gasteiger partial charge in [-0.1, -0.05) is 44.7 Å². The summed E-state index contributed by atoms with van der Waals surface area (Å²) in [6.07, 6.45) is 5.59. The summed E-state index contributed by atoms with van der Waals surface area (Å²) in [5.74, 6) is 1.55. The second-order valence-electron chi connectivity index (χ2n) is 6.26. The van der Waals surface area contributed by atoms with Gasteiger partial charge in [-0.05, 0) is 36.0 Å². The maximum atomic E-state index is 6.75. The molecule has 1 aromatic rings. The summed E-state index contributed by atoms with van der Waals surface area (Å²) in [5.41, 5.74) is 8.66. The van der Waals surface area contributed by atoms with E-state index in [1.165, 1.54) is 19.3 Å². The predicted molar refractivity (Wildman–Crippen MR) is 87.6 cm³/mol. The average Bonchev–Trinajstić information content (AvgIpc) is 2.46. The molecule has 3 nitrogen and oxygen atoms in total. The van der Waals surface area contributed by atoms with Crippen molar-refractivity contribution in [3.8, 4) is 11.5 Å². The molecule has 0 radical (unpaired) electrons. The fraction of sp³-hybridized carbons (Fsp3) is 0.647. The molecule has 2 rings (SSSR count). The van der Waals surface area contributed by atoms with Crippen LogP contribution in [0.1, 0.15) is 63.0 Å². The van der Waals surface area contributed by atoms with Crippen molar-refractivity contribution in [3.05, 3.63) is 22.2 Å². The van der Waals surface area contributed by atoms with Crippen molar-refractivity contribution in [1.82, 2.24) is 0 Å². The van der Waals surface area contributed by atoms with E-state index in [2.05, 4.69) is 13.8 Å². The number of hydrogen-bond acceptors (Lipinski definition) is 3. The molecule has 2 N–H and O–H groups in total. The highest BCUT2D eigenvalue weighted by Gasteiger charge is 2.35. The molecule has 1 aliphatic carbocycles. The Morgan fingerprint density at radius 2 is 1.76 bits per heavy atom. The van der Waals surface area contributed by atoms with Crippen LogP contribution in [0.5, 0.6) is 11.5 Å². The summed E-state index contributed by atoms with van der Waals surface area (Å²) in [6.45, 7) is 4.28. The molecule has 1 aliphatic rings. The van der Waals surface area contributed by atoms with E-state index in [1.54, 1.807) is 14.2 Å². The first kappa shape index (κ1) is 16.4. The number of methoxy groups -OCH3 is 2. The Bertz CT molecular complexity index is 508. The van der Waals surface area contributed by atoms with Crippen molar-refractivity contribution in [1.29, 1.82) is 0 Å². The summed E-state index contributed by atoms with van der Waals surface area (Å²) in [6, 6.07) is 2.03. The van der Waals surface area contributed by atoms with E-state index in [0.29, 0.717) is 16.5 Å². The number of rotatable bonds is 4. The monoisotopic (exact) mass is 311 g/mol. The van der Waals surface area contributed by atoms with Crippen molar-refractivity contribution in [2.45, 2.75) is 57.4 Å². The second-order valence-corrected chi connectivity index (χ2v) is 6.64. The first-order chi connectivity index (χ1) is 9.94. The average molecular weight is 312 g/mol. The van der Waals surface area contributed by atoms with Gasteiger partial charge in [0.1, 0.15) is 0 Å². The summed E-state index contributed by atoms with van der Waals surface area (Å²) in [5, 5.41) is 0.636. The van der Waals surface area contributed by atoms with Crippen molar-refractivity contribution in [2.75, 3.05) is 14.2 Å². The summed E-state index contributed by atoms with van der Waals surface area (Å²) >= 11 is 6.61. The molecule has 1 aromatic carbocycles. The van der Waals surface area contributed by atoms with E-state index in [-0.39, 0.29) is 11.5 Å². The zero-order chi connectivity index (χ0) is 15.6. The van der Waals surface area contributed by atoms with Crippen molar-refractivity contribution < 1.29 is 9.47 Å². The van der Waals surface area contributed by atoms with Gasteiger partial charge >= 0.3 is 0 Å². The Labute approximate surface area is 132 Å². The minimum atomic E-state index is -0.305. The minimum absolute atomic E-state index is 0.287. The lowest BCUT2D eigenvalue weighted by Crippen LogP contribution is -2.39. The van der Waals surface area contributed by atoms with Crippen LogP contribution in [0, 0.1) is 0 Å². The molecule has 0 spiro atoms. The van der Waals surface area contributed by atoms with E-state index in [1.807, 2.05) is 6.07 Å². The molecule has 0 aliphatic heterocycles. The summed E-state index contributed by atoms with van der Waals surface area (Å²) in [7, 11) is 3.25. The van der Waals surface area contributed by atoms with E-state index in [4.69, 9.17) is 26.8 Å². The summed E-state index contributed by atoms with van der Waals surface area (Å²) in [4.78, 5) is 0. The number of halogens is 1. The molecule has 118 valence electrons. The lowest BCUT2D eigenvalue weighted by molar-refractivity contribution is 0.296. The molecule has 0 heterocycles. The molecule has 0 aromatic heterocycles. The van der Waals surface area contributed by atoms with Gasteiger partial charge in [0.05, 0.1) is 19.2 Å². The second kappa shape index (κ2) is 6.45. The minimum Gasteiger partial charge on any atom is -0.493 e. The van der Waals surface area contributed by atoms with Crippen LogP contribution < -0.4 is 15.2 Å². The maximum Gasteiger partial charge on any atom is 0.179 e. The Balaban J connectivity index is 2.65. The van der Waals surface area contributed by atoms with Crippen LogP contribution in [0.3, 0.4) is 0 Å². The lowest BCUT2D eigenvalue weighted by atomic mass is 9.74. The molecule has 0 amide bonds. The largest absolute Gasteiger partial charge is 0.493 e. The third-order valence-electron chi connectivity index (χ3n) is 4.51. The standard InChI is InChI=1S/C17H26ClNO2/c1-11(2)14-12(17(19)8-6-5-7-9-17)10-13(20-3)16(21-4)15(14)18/h10-11H,5-9,19H2,1-4H3. The molecule has 21 heavy (non-hydrogen) atoms. The fourth-order valence-corrected chi connectivity index (χ4v) is 3.88. The number of ether oxygens (including phenoxy) is 2. The molecular weight excluding hydrogens is 286 g/mol. The Hall–Kier alpha value is -0.930. The number of hydrogen-bond donors (Lipinski definition) is 1. The number of nitrogens with two attached hydrogens (primary N) is 1. The normalized spacial score (nSPS) is 17.9. The van der Waals surface area contributed by atoms with Crippen LogP contribution in [0.25, 0.3) is 0 Å². The van der Waals surface area contributed by atoms with Gasteiger partial charge in [-0.3, -0.25) is 0 Å². The maximum absolute atomic E-state index is 6.75. The van der Waals surface area contributed by atoms with Crippen LogP contribution in [0.2, 0.25) is 5.02 Å². The van der Waals surface area contributed by atoms with Crippen LogP contribution in [-0.2, 0) is 5.54 Å². The van der Waals surface area contributed by atoms with E-state index >= 15 is 0 Å². The Morgan fingerprint density at radius 3 is 2.24 bits per heavy atom. The molecule has 4 heteroatoms. The first-order valence-corrected chi connectivity index (χ1v) is 8.06. The highest BCUT2D eigenvalue weighted by molar-refractivity contribution is 6.33. The zero-order valence-electron chi connectivity index (χ0n) is 13.5. The summed E-state index contributed by atoms with van der Waals surface area (Å²) < 4.78 is 10.9. The van der Waals surface area contributed by atoms with Gasteiger partial charge in [0.25, 0.3) is 0 Å². The van der Waals surface area contributed by atoms with Crippen LogP contribution in [0.4, 0.5) is 0 Å². The predicted octanol–water partition coefficient (Wildman–Crippen LogP) is 4.60. The van der Waals surface area contributed by atoms with Gasteiger partial charge in [0.2, 0.25) is 0 Å². The molecule has 1 fully saturated rings. The van der Waals surface area contributed by atoms with Gasteiger partial charge in [-0.15, -0.1) is 0 Å². The van der Waals surface area contributed by atoms with Gasteiger partial charge in [-0.2, -0.15) is 0 Å². The molecule has 0 unspecified atom stereocenters. The van der Waals surface area contributed by atoms with Gasteiger partial charge in [-0.25, -0.2) is 0 Å². The van der Waals surface area contributed by atoms with Gasteiger partial charge in [0.15, 0.2) is 11.5 Å². The van der Waals surface area contributed by atoms with Gasteiger partial charge < -0.3 is 15.2 Å². The van der Waals surface area contributed by atoms with Crippen molar-refractivity contribution >= 4 is 11.6 Å². The smallest absolute Gasteiger partial charge is 0.179 e. The van der Waals surface area contributed by atoms with Crippen LogP contribution in [-0.4, -0.2) is 14.2 Å². The van der Waals surface area contributed by atoms with Crippen molar-refractivity contribution in [3.63, 3.8) is 0 Å². The number of benzene rings is 1. The van der Waals surface area contributed by atoms with E-state index in [9.17, 15) is 0 Å². The van der Waals surface area contributed by atoms with Gasteiger partial charge in [0, 0.05) is 5.54 Å². The zero-order valence-corrected chi connectivity index (χ0v) is 14.2. The highest BCUT2D eigenvalue weighted by Crippen LogP contribution is 2.47. The van der Waals surface area contributed by atoms with E-state index < -0.39 is 0 Å². The third-order valence-corrected chi connectivity index (χ3v) is 4.88.